The molecule has 2 aromatic rings. The molecule has 0 aliphatic carbocycles. The van der Waals surface area contributed by atoms with E-state index in [1.807, 2.05) is 23.1 Å². The van der Waals surface area contributed by atoms with Crippen LogP contribution in [0.5, 0.6) is 11.5 Å². The number of aromatic nitrogens is 2. The Hall–Kier alpha value is -2.50. The maximum Gasteiger partial charge on any atom is 0.257 e. The van der Waals surface area contributed by atoms with Gasteiger partial charge in [-0.15, -0.1) is 0 Å². The number of likely N-dealkylation sites (tertiary alicyclic amines) is 1. The zero-order valence-corrected chi connectivity index (χ0v) is 12.9. The van der Waals surface area contributed by atoms with Gasteiger partial charge in [0.2, 0.25) is 0 Å². The van der Waals surface area contributed by atoms with E-state index in [9.17, 15) is 4.79 Å². The van der Waals surface area contributed by atoms with Crippen LogP contribution in [0.1, 0.15) is 29.6 Å². The van der Waals surface area contributed by atoms with Gasteiger partial charge in [0.1, 0.15) is 13.2 Å². The lowest BCUT2D eigenvalue weighted by molar-refractivity contribution is 0.0725. The minimum atomic E-state index is 0.0448. The number of benzene rings is 1. The molecule has 1 aromatic heterocycles. The van der Waals surface area contributed by atoms with Gasteiger partial charge in [-0.2, -0.15) is 5.10 Å². The lowest BCUT2D eigenvalue weighted by atomic mass is 10.0. The highest BCUT2D eigenvalue weighted by Gasteiger charge is 2.23. The molecule has 2 aliphatic heterocycles. The average Bonchev–Trinajstić information content (AvgIpc) is 3.11. The highest BCUT2D eigenvalue weighted by Crippen LogP contribution is 2.35. The van der Waals surface area contributed by atoms with Crippen molar-refractivity contribution in [2.75, 3.05) is 26.3 Å². The quantitative estimate of drug-likeness (QED) is 0.925. The molecule has 0 atom stereocenters. The summed E-state index contributed by atoms with van der Waals surface area (Å²) in [4.78, 5) is 14.7. The van der Waals surface area contributed by atoms with Crippen molar-refractivity contribution < 1.29 is 14.3 Å². The second kappa shape index (κ2) is 5.95. The maximum atomic E-state index is 12.8. The molecule has 1 amide bonds. The van der Waals surface area contributed by atoms with Crippen molar-refractivity contribution in [3.63, 3.8) is 0 Å². The molecule has 0 unspecified atom stereocenters. The van der Waals surface area contributed by atoms with Crippen molar-refractivity contribution in [1.82, 2.24) is 15.1 Å². The molecule has 23 heavy (non-hydrogen) atoms. The first kappa shape index (κ1) is 14.1. The van der Waals surface area contributed by atoms with Gasteiger partial charge in [-0.3, -0.25) is 9.89 Å². The third-order valence-corrected chi connectivity index (χ3v) is 4.34. The van der Waals surface area contributed by atoms with Crippen molar-refractivity contribution >= 4 is 5.91 Å². The Bertz CT molecular complexity index is 720. The van der Waals surface area contributed by atoms with Crippen LogP contribution < -0.4 is 9.47 Å². The monoisotopic (exact) mass is 313 g/mol. The number of hydrogen-bond acceptors (Lipinski definition) is 4. The van der Waals surface area contributed by atoms with Crippen LogP contribution in [0, 0.1) is 0 Å². The molecular weight excluding hydrogens is 294 g/mol. The zero-order valence-electron chi connectivity index (χ0n) is 12.9. The first-order valence-electron chi connectivity index (χ1n) is 8.05. The number of H-pyrrole nitrogens is 1. The summed E-state index contributed by atoms with van der Waals surface area (Å²) < 4.78 is 11.2. The highest BCUT2D eigenvalue weighted by molar-refractivity contribution is 5.99. The van der Waals surface area contributed by atoms with Gasteiger partial charge in [0, 0.05) is 18.7 Å². The summed E-state index contributed by atoms with van der Waals surface area (Å²) in [5, 5.41) is 7.04. The van der Waals surface area contributed by atoms with Crippen molar-refractivity contribution in [2.45, 2.75) is 19.3 Å². The highest BCUT2D eigenvalue weighted by atomic mass is 16.6. The third kappa shape index (κ3) is 2.65. The molecule has 0 bridgehead atoms. The maximum absolute atomic E-state index is 12.8. The van der Waals surface area contributed by atoms with Gasteiger partial charge in [0.25, 0.3) is 5.91 Å². The Labute approximate surface area is 134 Å². The first-order chi connectivity index (χ1) is 11.3. The summed E-state index contributed by atoms with van der Waals surface area (Å²) in [6.45, 7) is 2.75. The topological polar surface area (TPSA) is 67.5 Å². The minimum Gasteiger partial charge on any atom is -0.486 e. The molecule has 3 heterocycles. The van der Waals surface area contributed by atoms with E-state index in [0.717, 1.165) is 42.9 Å². The summed E-state index contributed by atoms with van der Waals surface area (Å²) in [5.41, 5.74) is 2.23. The molecule has 1 saturated heterocycles. The van der Waals surface area contributed by atoms with Gasteiger partial charge < -0.3 is 14.4 Å². The fraction of sp³-hybridized carbons (Fsp3) is 0.412. The lowest BCUT2D eigenvalue weighted by Gasteiger charge is -2.26. The SMILES string of the molecule is O=C(c1cn[nH]c1-c1ccc2c(c1)OCCO2)N1CCCCC1. The van der Waals surface area contributed by atoms with Crippen LogP contribution in [0.25, 0.3) is 11.3 Å². The fourth-order valence-corrected chi connectivity index (χ4v) is 3.13. The summed E-state index contributed by atoms with van der Waals surface area (Å²) >= 11 is 0. The predicted octanol–water partition coefficient (Wildman–Crippen LogP) is 2.47. The number of ether oxygens (including phenoxy) is 2. The number of nitrogens with one attached hydrogen (secondary N) is 1. The number of fused-ring (bicyclic) bond motifs is 1. The lowest BCUT2D eigenvalue weighted by Crippen LogP contribution is -2.35. The first-order valence-corrected chi connectivity index (χ1v) is 8.05. The third-order valence-electron chi connectivity index (χ3n) is 4.34. The summed E-state index contributed by atoms with van der Waals surface area (Å²) in [5.74, 6) is 1.49. The molecule has 0 radical (unpaired) electrons. The van der Waals surface area contributed by atoms with E-state index in [-0.39, 0.29) is 5.91 Å². The smallest absolute Gasteiger partial charge is 0.257 e. The van der Waals surface area contributed by atoms with E-state index in [1.165, 1.54) is 6.42 Å². The Morgan fingerprint density at radius 1 is 1.09 bits per heavy atom. The van der Waals surface area contributed by atoms with Gasteiger partial charge in [-0.1, -0.05) is 0 Å². The number of aromatic amines is 1. The van der Waals surface area contributed by atoms with Crippen molar-refractivity contribution in [1.29, 1.82) is 0 Å². The minimum absolute atomic E-state index is 0.0448. The van der Waals surface area contributed by atoms with Crippen LogP contribution in [0.15, 0.2) is 24.4 Å². The molecule has 1 N–H and O–H groups in total. The number of hydrogen-bond donors (Lipinski definition) is 1. The molecule has 6 heteroatoms. The molecule has 0 spiro atoms. The molecule has 6 nitrogen and oxygen atoms in total. The van der Waals surface area contributed by atoms with E-state index >= 15 is 0 Å². The molecule has 2 aliphatic rings. The average molecular weight is 313 g/mol. The summed E-state index contributed by atoms with van der Waals surface area (Å²) in [7, 11) is 0. The molecule has 1 fully saturated rings. The van der Waals surface area contributed by atoms with Crippen LogP contribution >= 0.6 is 0 Å². The molecule has 1 aromatic carbocycles. The zero-order chi connectivity index (χ0) is 15.6. The van der Waals surface area contributed by atoms with E-state index in [1.54, 1.807) is 6.20 Å². The van der Waals surface area contributed by atoms with Gasteiger partial charge in [0.15, 0.2) is 11.5 Å². The van der Waals surface area contributed by atoms with Gasteiger partial charge >= 0.3 is 0 Å². The van der Waals surface area contributed by atoms with Crippen LogP contribution in [-0.4, -0.2) is 47.3 Å². The van der Waals surface area contributed by atoms with Crippen LogP contribution in [0.4, 0.5) is 0 Å². The number of nitrogens with zero attached hydrogens (tertiary/aromatic N) is 2. The van der Waals surface area contributed by atoms with Gasteiger partial charge in [-0.25, -0.2) is 0 Å². The number of carbonyl (C=O) groups excluding carboxylic acids is 1. The van der Waals surface area contributed by atoms with E-state index in [4.69, 9.17) is 9.47 Å². The Morgan fingerprint density at radius 2 is 1.87 bits per heavy atom. The number of amides is 1. The van der Waals surface area contributed by atoms with Crippen LogP contribution in [-0.2, 0) is 0 Å². The molecule has 120 valence electrons. The number of carbonyl (C=O) groups is 1. The number of rotatable bonds is 2. The Kier molecular flexibility index (Phi) is 3.65. The predicted molar refractivity (Wildman–Crippen MR) is 84.8 cm³/mol. The Balaban J connectivity index is 1.65. The largest absolute Gasteiger partial charge is 0.486 e. The van der Waals surface area contributed by atoms with Crippen molar-refractivity contribution in [2.24, 2.45) is 0 Å². The van der Waals surface area contributed by atoms with Gasteiger partial charge in [0.05, 0.1) is 17.5 Å². The Morgan fingerprint density at radius 3 is 2.70 bits per heavy atom. The fourth-order valence-electron chi connectivity index (χ4n) is 3.13. The van der Waals surface area contributed by atoms with Crippen molar-refractivity contribution in [3.05, 3.63) is 30.0 Å². The van der Waals surface area contributed by atoms with Crippen molar-refractivity contribution in [3.8, 4) is 22.8 Å². The van der Waals surface area contributed by atoms with Gasteiger partial charge in [-0.05, 0) is 37.5 Å². The summed E-state index contributed by atoms with van der Waals surface area (Å²) in [6.07, 6.45) is 4.96. The molecular formula is C17H19N3O3. The molecule has 4 rings (SSSR count). The van der Waals surface area contributed by atoms with Crippen LogP contribution in [0.2, 0.25) is 0 Å². The number of piperidine rings is 1. The second-order valence-corrected chi connectivity index (χ2v) is 5.87. The second-order valence-electron chi connectivity index (χ2n) is 5.87. The standard InChI is InChI=1S/C17H19N3O3/c21-17(20-6-2-1-3-7-20)13-11-18-19-16(13)12-4-5-14-15(10-12)23-9-8-22-14/h4-5,10-11H,1-3,6-9H2,(H,18,19). The van der Waals surface area contributed by atoms with Crippen LogP contribution in [0.3, 0.4) is 0 Å². The normalized spacial score (nSPS) is 17.1. The van der Waals surface area contributed by atoms with E-state index in [0.29, 0.717) is 24.5 Å². The molecule has 0 saturated carbocycles. The summed E-state index contributed by atoms with van der Waals surface area (Å²) in [6, 6.07) is 5.70. The van der Waals surface area contributed by atoms with E-state index in [2.05, 4.69) is 10.2 Å². The van der Waals surface area contributed by atoms with E-state index < -0.39 is 0 Å².